The maximum atomic E-state index is 11.7. The van der Waals surface area contributed by atoms with E-state index < -0.39 is 21.8 Å². The van der Waals surface area contributed by atoms with Crippen LogP contribution in [-0.4, -0.2) is 56.0 Å². The number of carbonyl (C=O) groups excluding carboxylic acids is 1. The molecule has 0 bridgehead atoms. The normalized spacial score (nSPS) is 22.6. The molecule has 0 spiro atoms. The summed E-state index contributed by atoms with van der Waals surface area (Å²) in [4.78, 5) is 13.6. The summed E-state index contributed by atoms with van der Waals surface area (Å²) in [5.41, 5.74) is 6.56. The fourth-order valence-electron chi connectivity index (χ4n) is 2.32. The van der Waals surface area contributed by atoms with Gasteiger partial charge in [-0.2, -0.15) is 11.3 Å². The molecule has 0 aliphatic carbocycles. The van der Waals surface area contributed by atoms with E-state index in [0.717, 1.165) is 0 Å². The number of carbonyl (C=O) groups is 1. The van der Waals surface area contributed by atoms with Gasteiger partial charge in [-0.1, -0.05) is 0 Å². The zero-order valence-corrected chi connectivity index (χ0v) is 13.0. The summed E-state index contributed by atoms with van der Waals surface area (Å²) in [5, 5.41) is 4.06. The van der Waals surface area contributed by atoms with Crippen molar-refractivity contribution in [3.63, 3.8) is 0 Å². The van der Waals surface area contributed by atoms with E-state index in [2.05, 4.69) is 10.3 Å². The zero-order valence-electron chi connectivity index (χ0n) is 11.4. The van der Waals surface area contributed by atoms with Crippen molar-refractivity contribution >= 4 is 27.3 Å². The van der Waals surface area contributed by atoms with Crippen molar-refractivity contribution in [3.8, 4) is 0 Å². The summed E-state index contributed by atoms with van der Waals surface area (Å²) in [7, 11) is -3.30. The SMILES string of the molecule is CS(=O)(=O)N1CCN(Cc2ccsc2)C[C@H](C(N)=O)C1. The maximum absolute atomic E-state index is 11.7. The number of thiophene rings is 1. The van der Waals surface area contributed by atoms with Crippen molar-refractivity contribution in [3.05, 3.63) is 22.4 Å². The van der Waals surface area contributed by atoms with E-state index in [1.54, 1.807) is 11.3 Å². The average Bonchev–Trinajstić information content (AvgIpc) is 2.72. The molecule has 0 radical (unpaired) electrons. The fraction of sp³-hybridized carbons (Fsp3) is 0.583. The number of primary amides is 1. The minimum absolute atomic E-state index is 0.175. The topological polar surface area (TPSA) is 83.7 Å². The van der Waals surface area contributed by atoms with E-state index in [1.165, 1.54) is 16.1 Å². The monoisotopic (exact) mass is 317 g/mol. The van der Waals surface area contributed by atoms with Crippen LogP contribution in [0, 0.1) is 5.92 Å². The van der Waals surface area contributed by atoms with Gasteiger partial charge in [-0.15, -0.1) is 0 Å². The highest BCUT2D eigenvalue weighted by molar-refractivity contribution is 7.88. The Morgan fingerprint density at radius 2 is 2.20 bits per heavy atom. The standard InChI is InChI=1S/C12H19N3O3S2/c1-20(17,18)15-4-3-14(6-10-2-5-19-9-10)7-11(8-15)12(13)16/h2,5,9,11H,3-4,6-8H2,1H3,(H2,13,16)/t11-/m0/s1. The lowest BCUT2D eigenvalue weighted by atomic mass is 10.1. The third-order valence-corrected chi connectivity index (χ3v) is 5.43. The van der Waals surface area contributed by atoms with Gasteiger partial charge >= 0.3 is 0 Å². The van der Waals surface area contributed by atoms with Crippen LogP contribution in [0.3, 0.4) is 0 Å². The van der Waals surface area contributed by atoms with Crippen molar-refractivity contribution in [2.45, 2.75) is 6.54 Å². The van der Waals surface area contributed by atoms with Crippen LogP contribution in [-0.2, 0) is 21.4 Å². The highest BCUT2D eigenvalue weighted by atomic mass is 32.2. The molecule has 0 aromatic carbocycles. The Hall–Kier alpha value is -0.960. The van der Waals surface area contributed by atoms with Crippen molar-refractivity contribution in [2.75, 3.05) is 32.4 Å². The van der Waals surface area contributed by atoms with Gasteiger partial charge in [0, 0.05) is 32.7 Å². The summed E-state index contributed by atoms with van der Waals surface area (Å²) in [6.07, 6.45) is 1.17. The van der Waals surface area contributed by atoms with Crippen LogP contribution in [0.15, 0.2) is 16.8 Å². The Kier molecular flexibility index (Phi) is 4.79. The Bertz CT molecular complexity index is 557. The molecule has 8 heteroatoms. The molecular formula is C12H19N3O3S2. The molecule has 6 nitrogen and oxygen atoms in total. The van der Waals surface area contributed by atoms with Gasteiger partial charge in [0.05, 0.1) is 12.2 Å². The predicted molar refractivity (Wildman–Crippen MR) is 78.7 cm³/mol. The quantitative estimate of drug-likeness (QED) is 0.842. The summed E-state index contributed by atoms with van der Waals surface area (Å²) in [5.74, 6) is -0.915. The van der Waals surface area contributed by atoms with Crippen LogP contribution in [0.25, 0.3) is 0 Å². The first-order chi connectivity index (χ1) is 9.36. The van der Waals surface area contributed by atoms with Crippen LogP contribution in [0.4, 0.5) is 0 Å². The summed E-state index contributed by atoms with van der Waals surface area (Å²) < 4.78 is 24.7. The van der Waals surface area contributed by atoms with Gasteiger partial charge in [-0.3, -0.25) is 9.69 Å². The first kappa shape index (κ1) is 15.4. The fourth-order valence-corrected chi connectivity index (χ4v) is 3.84. The highest BCUT2D eigenvalue weighted by Crippen LogP contribution is 2.16. The Morgan fingerprint density at radius 1 is 1.45 bits per heavy atom. The molecule has 1 aliphatic heterocycles. The van der Waals surface area contributed by atoms with Crippen LogP contribution in [0.1, 0.15) is 5.56 Å². The van der Waals surface area contributed by atoms with Crippen LogP contribution >= 0.6 is 11.3 Å². The van der Waals surface area contributed by atoms with Crippen molar-refractivity contribution in [1.82, 2.24) is 9.21 Å². The Balaban J connectivity index is 2.11. The molecule has 2 N–H and O–H groups in total. The summed E-state index contributed by atoms with van der Waals surface area (Å²) in [6, 6.07) is 2.03. The van der Waals surface area contributed by atoms with E-state index >= 15 is 0 Å². The second-order valence-corrected chi connectivity index (χ2v) is 7.85. The van der Waals surface area contributed by atoms with Gasteiger partial charge in [0.25, 0.3) is 0 Å². The number of sulfonamides is 1. The van der Waals surface area contributed by atoms with Gasteiger partial charge in [0.15, 0.2) is 0 Å². The molecule has 1 amide bonds. The van der Waals surface area contributed by atoms with E-state index in [9.17, 15) is 13.2 Å². The lowest BCUT2D eigenvalue weighted by molar-refractivity contribution is -0.122. The molecule has 1 aromatic heterocycles. The molecule has 1 saturated heterocycles. The molecule has 20 heavy (non-hydrogen) atoms. The van der Waals surface area contributed by atoms with Gasteiger partial charge in [0.1, 0.15) is 0 Å². The first-order valence-electron chi connectivity index (χ1n) is 6.34. The second-order valence-electron chi connectivity index (χ2n) is 5.09. The highest BCUT2D eigenvalue weighted by Gasteiger charge is 2.30. The molecule has 112 valence electrons. The maximum Gasteiger partial charge on any atom is 0.223 e. The molecule has 2 rings (SSSR count). The minimum Gasteiger partial charge on any atom is -0.369 e. The van der Waals surface area contributed by atoms with Gasteiger partial charge in [-0.05, 0) is 22.4 Å². The molecule has 1 aromatic rings. The van der Waals surface area contributed by atoms with E-state index in [0.29, 0.717) is 26.2 Å². The average molecular weight is 317 g/mol. The molecule has 1 atom stereocenters. The van der Waals surface area contributed by atoms with Crippen molar-refractivity contribution < 1.29 is 13.2 Å². The summed E-state index contributed by atoms with van der Waals surface area (Å²) >= 11 is 1.62. The molecule has 1 fully saturated rings. The largest absolute Gasteiger partial charge is 0.369 e. The van der Waals surface area contributed by atoms with Crippen molar-refractivity contribution in [2.24, 2.45) is 11.7 Å². The summed E-state index contributed by atoms with van der Waals surface area (Å²) in [6.45, 7) is 2.38. The number of nitrogens with two attached hydrogens (primary N) is 1. The van der Waals surface area contributed by atoms with Gasteiger partial charge in [-0.25, -0.2) is 12.7 Å². The van der Waals surface area contributed by atoms with E-state index in [-0.39, 0.29) is 6.54 Å². The molecule has 0 saturated carbocycles. The lowest BCUT2D eigenvalue weighted by Gasteiger charge is -2.21. The smallest absolute Gasteiger partial charge is 0.223 e. The van der Waals surface area contributed by atoms with Crippen LogP contribution in [0.5, 0.6) is 0 Å². The second kappa shape index (κ2) is 6.21. The van der Waals surface area contributed by atoms with Crippen LogP contribution in [0.2, 0.25) is 0 Å². The zero-order chi connectivity index (χ0) is 14.8. The molecular weight excluding hydrogens is 298 g/mol. The van der Waals surface area contributed by atoms with Crippen molar-refractivity contribution in [1.29, 1.82) is 0 Å². The minimum atomic E-state index is -3.30. The third kappa shape index (κ3) is 4.02. The first-order valence-corrected chi connectivity index (χ1v) is 9.13. The molecule has 0 unspecified atom stereocenters. The van der Waals surface area contributed by atoms with Gasteiger partial charge in [0.2, 0.25) is 15.9 Å². The third-order valence-electron chi connectivity index (χ3n) is 3.43. The predicted octanol–water partition coefficient (Wildman–Crippen LogP) is -0.0732. The number of hydrogen-bond donors (Lipinski definition) is 1. The van der Waals surface area contributed by atoms with Gasteiger partial charge < -0.3 is 5.73 Å². The number of rotatable bonds is 4. The number of amides is 1. The molecule has 1 aliphatic rings. The lowest BCUT2D eigenvalue weighted by Crippen LogP contribution is -2.40. The number of hydrogen-bond acceptors (Lipinski definition) is 5. The van der Waals surface area contributed by atoms with E-state index in [4.69, 9.17) is 5.73 Å². The molecule has 2 heterocycles. The number of nitrogens with zero attached hydrogens (tertiary/aromatic N) is 2. The van der Waals surface area contributed by atoms with E-state index in [1.807, 2.05) is 11.4 Å². The van der Waals surface area contributed by atoms with Crippen LogP contribution < -0.4 is 5.73 Å². The Morgan fingerprint density at radius 3 is 2.75 bits per heavy atom. The Labute approximate surface area is 123 Å².